The highest BCUT2D eigenvalue weighted by molar-refractivity contribution is 7.89. The number of nitrogens with zero attached hydrogens (tertiary/aromatic N) is 1. The number of alkyl halides is 3. The zero-order chi connectivity index (χ0) is 20.1. The molecule has 0 fully saturated rings. The first-order valence-electron chi connectivity index (χ1n) is 7.61. The Bertz CT molecular complexity index is 906. The van der Waals surface area contributed by atoms with Gasteiger partial charge in [0.05, 0.1) is 15.5 Å². The van der Waals surface area contributed by atoms with Gasteiger partial charge in [0.25, 0.3) is 0 Å². The van der Waals surface area contributed by atoms with Crippen molar-refractivity contribution in [2.75, 3.05) is 6.54 Å². The van der Waals surface area contributed by atoms with Crippen LogP contribution in [0.5, 0.6) is 0 Å². The lowest BCUT2D eigenvalue weighted by Gasteiger charge is -2.12. The second kappa shape index (κ2) is 8.68. The summed E-state index contributed by atoms with van der Waals surface area (Å²) in [6.45, 7) is -0.0191. The van der Waals surface area contributed by atoms with Gasteiger partial charge in [-0.05, 0) is 35.9 Å². The molecule has 27 heavy (non-hydrogen) atoms. The summed E-state index contributed by atoms with van der Waals surface area (Å²) in [5, 5.41) is 1.99. The molecule has 0 atom stereocenters. The monoisotopic (exact) mass is 421 g/mol. The molecule has 2 N–H and O–H groups in total. The van der Waals surface area contributed by atoms with Crippen molar-refractivity contribution < 1.29 is 26.4 Å². The van der Waals surface area contributed by atoms with Crippen molar-refractivity contribution in [2.24, 2.45) is 0 Å². The predicted molar refractivity (Wildman–Crippen MR) is 92.3 cm³/mol. The van der Waals surface area contributed by atoms with Crippen LogP contribution in [-0.2, 0) is 27.5 Å². The Labute approximate surface area is 158 Å². The zero-order valence-electron chi connectivity index (χ0n) is 13.8. The number of hydrogen-bond donors (Lipinski definition) is 2. The minimum Gasteiger partial charge on any atom is -0.352 e. The zero-order valence-corrected chi connectivity index (χ0v) is 15.3. The van der Waals surface area contributed by atoms with Crippen LogP contribution >= 0.6 is 11.6 Å². The highest BCUT2D eigenvalue weighted by Crippen LogP contribution is 2.35. The van der Waals surface area contributed by atoms with Gasteiger partial charge < -0.3 is 5.32 Å². The molecular formula is C16H15ClF3N3O3S. The molecular weight excluding hydrogens is 407 g/mol. The molecule has 0 radical (unpaired) electrons. The Morgan fingerprint density at radius 1 is 1.15 bits per heavy atom. The molecule has 0 aliphatic carbocycles. The SMILES string of the molecule is O=C(CCNS(=O)(=O)c1ccc(Cl)c(C(F)(F)F)c1)NCc1ccncc1. The molecule has 0 unspecified atom stereocenters. The Morgan fingerprint density at radius 3 is 2.44 bits per heavy atom. The number of hydrogen-bond acceptors (Lipinski definition) is 4. The number of carbonyl (C=O) groups is 1. The Morgan fingerprint density at radius 2 is 1.81 bits per heavy atom. The van der Waals surface area contributed by atoms with Crippen molar-refractivity contribution in [1.29, 1.82) is 0 Å². The fraction of sp³-hybridized carbons (Fsp3) is 0.250. The molecule has 0 bridgehead atoms. The summed E-state index contributed by atoms with van der Waals surface area (Å²) in [5.74, 6) is -0.415. The minimum atomic E-state index is -4.78. The third-order valence-corrected chi connectivity index (χ3v) is 5.22. The lowest BCUT2D eigenvalue weighted by molar-refractivity contribution is -0.137. The smallest absolute Gasteiger partial charge is 0.352 e. The number of nitrogens with one attached hydrogen (secondary N) is 2. The van der Waals surface area contributed by atoms with E-state index in [1.165, 1.54) is 0 Å². The molecule has 2 rings (SSSR count). The molecule has 0 saturated carbocycles. The van der Waals surface area contributed by atoms with E-state index in [4.69, 9.17) is 11.6 Å². The summed E-state index contributed by atoms with van der Waals surface area (Å²) in [6.07, 6.45) is -1.83. The number of aromatic nitrogens is 1. The average molecular weight is 422 g/mol. The Hall–Kier alpha value is -2.17. The molecule has 0 aliphatic rings. The fourth-order valence-electron chi connectivity index (χ4n) is 2.06. The summed E-state index contributed by atoms with van der Waals surface area (Å²) in [4.78, 5) is 15.0. The maximum atomic E-state index is 12.8. The van der Waals surface area contributed by atoms with E-state index in [1.54, 1.807) is 24.5 Å². The van der Waals surface area contributed by atoms with E-state index in [0.717, 1.165) is 17.7 Å². The van der Waals surface area contributed by atoms with E-state index < -0.39 is 37.6 Å². The minimum absolute atomic E-state index is 0.177. The van der Waals surface area contributed by atoms with Crippen LogP contribution in [0.4, 0.5) is 13.2 Å². The van der Waals surface area contributed by atoms with E-state index >= 15 is 0 Å². The van der Waals surface area contributed by atoms with Gasteiger partial charge in [0.15, 0.2) is 0 Å². The molecule has 0 spiro atoms. The van der Waals surface area contributed by atoms with Crippen LogP contribution in [0, 0.1) is 0 Å². The van der Waals surface area contributed by atoms with E-state index in [1.807, 2.05) is 0 Å². The topological polar surface area (TPSA) is 88.2 Å². The fourth-order valence-corrected chi connectivity index (χ4v) is 3.34. The lowest BCUT2D eigenvalue weighted by atomic mass is 10.2. The molecule has 2 aromatic rings. The van der Waals surface area contributed by atoms with Crippen molar-refractivity contribution in [2.45, 2.75) is 24.0 Å². The highest BCUT2D eigenvalue weighted by Gasteiger charge is 2.34. The standard InChI is InChI=1S/C16H15ClF3N3O3S/c17-14-2-1-12(9-13(14)16(18,19)20)27(25,26)23-8-5-15(24)22-10-11-3-6-21-7-4-11/h1-4,6-7,9,23H,5,8,10H2,(H,22,24). The molecule has 1 aromatic carbocycles. The normalized spacial score (nSPS) is 12.0. The summed E-state index contributed by atoms with van der Waals surface area (Å²) in [6, 6.07) is 5.70. The average Bonchev–Trinajstić information content (AvgIpc) is 2.60. The van der Waals surface area contributed by atoms with Crippen molar-refractivity contribution in [3.05, 3.63) is 58.9 Å². The van der Waals surface area contributed by atoms with Crippen molar-refractivity contribution in [3.63, 3.8) is 0 Å². The summed E-state index contributed by atoms with van der Waals surface area (Å²) < 4.78 is 64.9. The number of amides is 1. The second-order valence-electron chi connectivity index (χ2n) is 5.42. The van der Waals surface area contributed by atoms with Gasteiger partial charge in [-0.1, -0.05) is 11.6 Å². The molecule has 146 valence electrons. The third kappa shape index (κ3) is 6.19. The van der Waals surface area contributed by atoms with Gasteiger partial charge in [-0.3, -0.25) is 9.78 Å². The highest BCUT2D eigenvalue weighted by atomic mass is 35.5. The number of rotatable bonds is 7. The largest absolute Gasteiger partial charge is 0.417 e. The summed E-state index contributed by atoms with van der Waals surface area (Å²) in [7, 11) is -4.22. The van der Waals surface area contributed by atoms with E-state index in [-0.39, 0.29) is 19.5 Å². The van der Waals surface area contributed by atoms with Crippen molar-refractivity contribution >= 4 is 27.5 Å². The van der Waals surface area contributed by atoms with Crippen LogP contribution < -0.4 is 10.0 Å². The Balaban J connectivity index is 1.92. The molecule has 11 heteroatoms. The maximum Gasteiger partial charge on any atom is 0.417 e. The molecule has 1 heterocycles. The van der Waals surface area contributed by atoms with E-state index in [2.05, 4.69) is 15.0 Å². The predicted octanol–water partition coefficient (Wildman–Crippen LogP) is 2.74. The number of benzene rings is 1. The third-order valence-electron chi connectivity index (χ3n) is 3.44. The van der Waals surface area contributed by atoms with Gasteiger partial charge in [-0.25, -0.2) is 13.1 Å². The van der Waals surface area contributed by atoms with Crippen LogP contribution in [0.1, 0.15) is 17.5 Å². The summed E-state index contributed by atoms with van der Waals surface area (Å²) >= 11 is 5.47. The van der Waals surface area contributed by atoms with E-state index in [9.17, 15) is 26.4 Å². The summed E-state index contributed by atoms with van der Waals surface area (Å²) in [5.41, 5.74) is -0.429. The number of halogens is 4. The quantitative estimate of drug-likeness (QED) is 0.719. The lowest BCUT2D eigenvalue weighted by Crippen LogP contribution is -2.30. The molecule has 6 nitrogen and oxygen atoms in total. The first-order valence-corrected chi connectivity index (χ1v) is 9.48. The van der Waals surface area contributed by atoms with Gasteiger partial charge in [-0.15, -0.1) is 0 Å². The first-order chi connectivity index (χ1) is 12.6. The molecule has 0 saturated heterocycles. The first kappa shape index (κ1) is 21.1. The Kier molecular flexibility index (Phi) is 6.79. The van der Waals surface area contributed by atoms with Crippen LogP contribution in [0.3, 0.4) is 0 Å². The van der Waals surface area contributed by atoms with Gasteiger partial charge in [0.1, 0.15) is 0 Å². The number of pyridine rings is 1. The number of carbonyl (C=O) groups excluding carboxylic acids is 1. The van der Waals surface area contributed by atoms with Crippen molar-refractivity contribution in [1.82, 2.24) is 15.0 Å². The number of sulfonamides is 1. The van der Waals surface area contributed by atoms with Crippen LogP contribution in [0.15, 0.2) is 47.6 Å². The molecule has 0 aliphatic heterocycles. The van der Waals surface area contributed by atoms with Gasteiger partial charge in [0.2, 0.25) is 15.9 Å². The second-order valence-corrected chi connectivity index (χ2v) is 7.59. The van der Waals surface area contributed by atoms with E-state index in [0.29, 0.717) is 6.07 Å². The van der Waals surface area contributed by atoms with Gasteiger partial charge >= 0.3 is 6.18 Å². The molecule has 1 aromatic heterocycles. The van der Waals surface area contributed by atoms with Crippen molar-refractivity contribution in [3.8, 4) is 0 Å². The van der Waals surface area contributed by atoms with Crippen LogP contribution in [0.25, 0.3) is 0 Å². The molecule has 1 amide bonds. The van der Waals surface area contributed by atoms with Crippen LogP contribution in [-0.4, -0.2) is 25.9 Å². The van der Waals surface area contributed by atoms with Crippen LogP contribution in [0.2, 0.25) is 5.02 Å². The maximum absolute atomic E-state index is 12.8. The van der Waals surface area contributed by atoms with Gasteiger partial charge in [-0.2, -0.15) is 13.2 Å². The van der Waals surface area contributed by atoms with Gasteiger partial charge in [0, 0.05) is 31.9 Å².